The Balaban J connectivity index is 1.82. The molecule has 1 nitrogen and oxygen atoms in total. The Labute approximate surface area is 156 Å². The zero-order valence-corrected chi connectivity index (χ0v) is 15.5. The summed E-state index contributed by atoms with van der Waals surface area (Å²) in [6, 6.07) is 26.3. The molecule has 0 radical (unpaired) electrons. The van der Waals surface area contributed by atoms with Crippen LogP contribution < -0.4 is 4.90 Å². The van der Waals surface area contributed by atoms with E-state index in [1.807, 2.05) is 0 Å². The van der Waals surface area contributed by atoms with Gasteiger partial charge in [0.25, 0.3) is 0 Å². The SMILES string of the molecule is CCCC(C)c1ccc(N2c3ccccc3C=Cc3ccccc32)cc1. The maximum atomic E-state index is 2.37. The lowest BCUT2D eigenvalue weighted by molar-refractivity contribution is 0.665. The largest absolute Gasteiger partial charge is 0.309 e. The van der Waals surface area contributed by atoms with Crippen molar-refractivity contribution in [2.45, 2.75) is 32.6 Å². The molecule has 0 fully saturated rings. The van der Waals surface area contributed by atoms with Crippen LogP contribution in [0.15, 0.2) is 72.8 Å². The number of rotatable bonds is 4. The highest BCUT2D eigenvalue weighted by molar-refractivity contribution is 5.93. The molecule has 1 heteroatoms. The number of anilines is 3. The van der Waals surface area contributed by atoms with Crippen LogP contribution >= 0.6 is 0 Å². The van der Waals surface area contributed by atoms with Crippen molar-refractivity contribution in [3.05, 3.63) is 89.5 Å². The molecule has 130 valence electrons. The van der Waals surface area contributed by atoms with Crippen LogP contribution in [0.1, 0.15) is 49.3 Å². The van der Waals surface area contributed by atoms with Gasteiger partial charge < -0.3 is 4.90 Å². The average molecular weight is 339 g/mol. The van der Waals surface area contributed by atoms with Gasteiger partial charge in [-0.2, -0.15) is 0 Å². The van der Waals surface area contributed by atoms with Crippen molar-refractivity contribution in [2.75, 3.05) is 4.90 Å². The number of para-hydroxylation sites is 2. The molecule has 4 rings (SSSR count). The van der Waals surface area contributed by atoms with E-state index in [4.69, 9.17) is 0 Å². The maximum Gasteiger partial charge on any atom is 0.0534 e. The number of hydrogen-bond acceptors (Lipinski definition) is 1. The summed E-state index contributed by atoms with van der Waals surface area (Å²) in [7, 11) is 0. The van der Waals surface area contributed by atoms with E-state index in [9.17, 15) is 0 Å². The van der Waals surface area contributed by atoms with Crippen LogP contribution in [0, 0.1) is 0 Å². The Morgan fingerprint density at radius 2 is 1.27 bits per heavy atom. The molecule has 1 unspecified atom stereocenters. The predicted octanol–water partition coefficient (Wildman–Crippen LogP) is 7.54. The molecule has 0 saturated carbocycles. The van der Waals surface area contributed by atoms with Gasteiger partial charge in [0.15, 0.2) is 0 Å². The summed E-state index contributed by atoms with van der Waals surface area (Å²) in [4.78, 5) is 2.37. The third-order valence-corrected chi connectivity index (χ3v) is 5.24. The Kier molecular flexibility index (Phi) is 4.62. The van der Waals surface area contributed by atoms with Gasteiger partial charge >= 0.3 is 0 Å². The average Bonchev–Trinajstić information content (AvgIpc) is 2.85. The van der Waals surface area contributed by atoms with Crippen LogP contribution in [0.5, 0.6) is 0 Å². The molecule has 1 atom stereocenters. The molecule has 26 heavy (non-hydrogen) atoms. The molecule has 1 aliphatic heterocycles. The van der Waals surface area contributed by atoms with Crippen LogP contribution in [-0.2, 0) is 0 Å². The highest BCUT2D eigenvalue weighted by atomic mass is 15.1. The molecule has 1 aliphatic rings. The first-order chi connectivity index (χ1) is 12.8. The van der Waals surface area contributed by atoms with Crippen LogP contribution in [-0.4, -0.2) is 0 Å². The topological polar surface area (TPSA) is 3.24 Å². The lowest BCUT2D eigenvalue weighted by Crippen LogP contribution is -2.11. The fraction of sp³-hybridized carbons (Fsp3) is 0.200. The van der Waals surface area contributed by atoms with Crippen LogP contribution in [0.3, 0.4) is 0 Å². The lowest BCUT2D eigenvalue weighted by atomic mass is 9.96. The van der Waals surface area contributed by atoms with Crippen molar-refractivity contribution in [3.63, 3.8) is 0 Å². The van der Waals surface area contributed by atoms with E-state index in [2.05, 4.69) is 104 Å². The number of benzene rings is 3. The standard InChI is InChI=1S/C25H25N/c1-3-8-19(2)20-15-17-23(18-16-20)26-24-11-6-4-9-21(24)13-14-22-10-5-7-12-25(22)26/h4-7,9-19H,3,8H2,1-2H3. The van der Waals surface area contributed by atoms with Crippen LogP contribution in [0.25, 0.3) is 12.2 Å². The van der Waals surface area contributed by atoms with E-state index in [-0.39, 0.29) is 0 Å². The van der Waals surface area contributed by atoms with E-state index < -0.39 is 0 Å². The van der Waals surface area contributed by atoms with Gasteiger partial charge in [-0.15, -0.1) is 0 Å². The first-order valence-corrected chi connectivity index (χ1v) is 9.54. The van der Waals surface area contributed by atoms with Crippen molar-refractivity contribution >= 4 is 29.2 Å². The van der Waals surface area contributed by atoms with E-state index in [0.29, 0.717) is 5.92 Å². The van der Waals surface area contributed by atoms with Crippen molar-refractivity contribution in [1.29, 1.82) is 0 Å². The zero-order valence-electron chi connectivity index (χ0n) is 15.5. The van der Waals surface area contributed by atoms with Gasteiger partial charge in [0, 0.05) is 5.69 Å². The molecular formula is C25H25N. The molecule has 0 aliphatic carbocycles. The lowest BCUT2D eigenvalue weighted by Gasteiger charge is -2.27. The monoisotopic (exact) mass is 339 g/mol. The smallest absolute Gasteiger partial charge is 0.0534 e. The van der Waals surface area contributed by atoms with Crippen molar-refractivity contribution in [2.24, 2.45) is 0 Å². The van der Waals surface area contributed by atoms with E-state index in [0.717, 1.165) is 0 Å². The summed E-state index contributed by atoms with van der Waals surface area (Å²) in [6.45, 7) is 4.57. The molecule has 3 aromatic rings. The summed E-state index contributed by atoms with van der Waals surface area (Å²) >= 11 is 0. The van der Waals surface area contributed by atoms with Gasteiger partial charge in [-0.25, -0.2) is 0 Å². The van der Waals surface area contributed by atoms with E-state index >= 15 is 0 Å². The summed E-state index contributed by atoms with van der Waals surface area (Å²) in [6.07, 6.45) is 6.89. The van der Waals surface area contributed by atoms with Gasteiger partial charge in [0.05, 0.1) is 11.4 Å². The minimum absolute atomic E-state index is 0.611. The Morgan fingerprint density at radius 3 is 1.81 bits per heavy atom. The zero-order chi connectivity index (χ0) is 17.9. The molecule has 0 aromatic heterocycles. The van der Waals surface area contributed by atoms with E-state index in [1.165, 1.54) is 46.6 Å². The second-order valence-electron chi connectivity index (χ2n) is 7.07. The quantitative estimate of drug-likeness (QED) is 0.371. The number of nitrogens with zero attached hydrogens (tertiary/aromatic N) is 1. The highest BCUT2D eigenvalue weighted by Gasteiger charge is 2.19. The van der Waals surface area contributed by atoms with E-state index in [1.54, 1.807) is 0 Å². The molecule has 0 N–H and O–H groups in total. The Hall–Kier alpha value is -2.80. The predicted molar refractivity (Wildman–Crippen MR) is 113 cm³/mol. The van der Waals surface area contributed by atoms with Gasteiger partial charge in [0.1, 0.15) is 0 Å². The third-order valence-electron chi connectivity index (χ3n) is 5.24. The molecule has 3 aromatic carbocycles. The van der Waals surface area contributed by atoms with Gasteiger partial charge in [0.2, 0.25) is 0 Å². The van der Waals surface area contributed by atoms with Crippen molar-refractivity contribution in [1.82, 2.24) is 0 Å². The second kappa shape index (κ2) is 7.21. The molecule has 0 spiro atoms. The minimum atomic E-state index is 0.611. The van der Waals surface area contributed by atoms with Gasteiger partial charge in [-0.3, -0.25) is 0 Å². The molecule has 0 saturated heterocycles. The minimum Gasteiger partial charge on any atom is -0.309 e. The van der Waals surface area contributed by atoms with Crippen molar-refractivity contribution < 1.29 is 0 Å². The highest BCUT2D eigenvalue weighted by Crippen LogP contribution is 2.41. The summed E-state index contributed by atoms with van der Waals surface area (Å²) < 4.78 is 0. The first-order valence-electron chi connectivity index (χ1n) is 9.54. The summed E-state index contributed by atoms with van der Waals surface area (Å²) in [5.41, 5.74) is 7.57. The fourth-order valence-corrected chi connectivity index (χ4v) is 3.80. The van der Waals surface area contributed by atoms with Gasteiger partial charge in [-0.1, -0.05) is 81.0 Å². The fourth-order valence-electron chi connectivity index (χ4n) is 3.80. The second-order valence-corrected chi connectivity index (χ2v) is 7.07. The summed E-state index contributed by atoms with van der Waals surface area (Å²) in [5, 5.41) is 0. The normalized spacial score (nSPS) is 13.7. The molecule has 1 heterocycles. The third kappa shape index (κ3) is 3.06. The molecule has 0 amide bonds. The molecule has 0 bridgehead atoms. The first kappa shape index (κ1) is 16.7. The van der Waals surface area contributed by atoms with Crippen LogP contribution in [0.4, 0.5) is 17.1 Å². The van der Waals surface area contributed by atoms with Crippen molar-refractivity contribution in [3.8, 4) is 0 Å². The number of fused-ring (bicyclic) bond motifs is 2. The Bertz CT molecular complexity index is 871. The Morgan fingerprint density at radius 1 is 0.731 bits per heavy atom. The maximum absolute atomic E-state index is 2.37. The van der Waals surface area contributed by atoms with Gasteiger partial charge in [-0.05, 0) is 53.3 Å². The number of hydrogen-bond donors (Lipinski definition) is 0. The summed E-state index contributed by atoms with van der Waals surface area (Å²) in [5.74, 6) is 0.611. The molecular weight excluding hydrogens is 314 g/mol. The van der Waals surface area contributed by atoms with Crippen LogP contribution in [0.2, 0.25) is 0 Å².